The third-order valence-electron chi connectivity index (χ3n) is 2.12. The molecule has 0 atom stereocenters. The summed E-state index contributed by atoms with van der Waals surface area (Å²) < 4.78 is 0. The molecular weight excluding hydrogens is 168 g/mol. The van der Waals surface area contributed by atoms with Crippen molar-refractivity contribution in [3.05, 3.63) is 12.4 Å². The molecule has 0 spiro atoms. The van der Waals surface area contributed by atoms with Gasteiger partial charge in [0.05, 0.1) is 18.5 Å². The van der Waals surface area contributed by atoms with Gasteiger partial charge in [-0.15, -0.1) is 0 Å². The van der Waals surface area contributed by atoms with E-state index in [2.05, 4.69) is 15.3 Å². The molecule has 0 radical (unpaired) electrons. The summed E-state index contributed by atoms with van der Waals surface area (Å²) in [5.74, 6) is 1.08. The highest BCUT2D eigenvalue weighted by Crippen LogP contribution is 2.22. The number of rotatable bonds is 2. The fraction of sp³-hybridized carbons (Fsp3) is 0.500. The maximum Gasteiger partial charge on any atom is 0.147 e. The zero-order valence-corrected chi connectivity index (χ0v) is 7.14. The van der Waals surface area contributed by atoms with Gasteiger partial charge in [0.25, 0.3) is 0 Å². The van der Waals surface area contributed by atoms with Crippen LogP contribution in [0.2, 0.25) is 0 Å². The standard InChI is InChI=1S/C8H12N4O/c9-7-3-10-4-8(12-7)11-5-1-6(13)2-5/h3-6,13H,1-2H2,(H3,9,11,12). The molecule has 0 bridgehead atoms. The second kappa shape index (κ2) is 3.18. The summed E-state index contributed by atoms with van der Waals surface area (Å²) in [6.45, 7) is 0. The zero-order chi connectivity index (χ0) is 9.26. The predicted molar refractivity (Wildman–Crippen MR) is 49.1 cm³/mol. The van der Waals surface area contributed by atoms with E-state index in [1.165, 1.54) is 6.20 Å². The molecule has 0 aliphatic heterocycles. The van der Waals surface area contributed by atoms with E-state index in [0.717, 1.165) is 12.8 Å². The zero-order valence-electron chi connectivity index (χ0n) is 7.14. The molecule has 1 aliphatic carbocycles. The summed E-state index contributed by atoms with van der Waals surface area (Å²) in [7, 11) is 0. The van der Waals surface area contributed by atoms with Crippen LogP contribution in [0.15, 0.2) is 12.4 Å². The third-order valence-corrected chi connectivity index (χ3v) is 2.12. The smallest absolute Gasteiger partial charge is 0.147 e. The summed E-state index contributed by atoms with van der Waals surface area (Å²) in [6, 6.07) is 0.311. The lowest BCUT2D eigenvalue weighted by Crippen LogP contribution is -2.39. The Labute approximate surface area is 76.0 Å². The van der Waals surface area contributed by atoms with E-state index in [-0.39, 0.29) is 6.10 Å². The van der Waals surface area contributed by atoms with Crippen molar-refractivity contribution in [1.82, 2.24) is 9.97 Å². The first-order chi connectivity index (χ1) is 6.24. The maximum atomic E-state index is 9.05. The third kappa shape index (κ3) is 1.86. The molecular formula is C8H12N4O. The SMILES string of the molecule is Nc1cncc(NC2CC(O)C2)n1. The molecule has 13 heavy (non-hydrogen) atoms. The molecule has 1 aromatic heterocycles. The van der Waals surface area contributed by atoms with Crippen LogP contribution in [0.3, 0.4) is 0 Å². The van der Waals surface area contributed by atoms with Crippen LogP contribution in [0, 0.1) is 0 Å². The molecule has 1 fully saturated rings. The molecule has 0 aromatic carbocycles. The fourth-order valence-electron chi connectivity index (χ4n) is 1.37. The summed E-state index contributed by atoms with van der Waals surface area (Å²) in [4.78, 5) is 7.94. The monoisotopic (exact) mass is 180 g/mol. The van der Waals surface area contributed by atoms with Gasteiger partial charge in [-0.2, -0.15) is 0 Å². The molecule has 70 valence electrons. The van der Waals surface area contributed by atoms with Crippen molar-refractivity contribution < 1.29 is 5.11 Å². The normalized spacial score (nSPS) is 26.5. The van der Waals surface area contributed by atoms with Gasteiger partial charge in [-0.1, -0.05) is 0 Å². The predicted octanol–water partition coefficient (Wildman–Crippen LogP) is -0.00600. The van der Waals surface area contributed by atoms with Gasteiger partial charge in [0, 0.05) is 6.04 Å². The van der Waals surface area contributed by atoms with Crippen LogP contribution in [0.5, 0.6) is 0 Å². The number of anilines is 2. The van der Waals surface area contributed by atoms with E-state index in [1.54, 1.807) is 6.20 Å². The lowest BCUT2D eigenvalue weighted by atomic mass is 9.90. The Bertz CT molecular complexity index is 298. The summed E-state index contributed by atoms with van der Waals surface area (Å²) in [6.07, 6.45) is 4.51. The Morgan fingerprint density at radius 1 is 1.46 bits per heavy atom. The van der Waals surface area contributed by atoms with E-state index >= 15 is 0 Å². The fourth-order valence-corrected chi connectivity index (χ4v) is 1.37. The van der Waals surface area contributed by atoms with Crippen LogP contribution in [-0.4, -0.2) is 27.2 Å². The van der Waals surface area contributed by atoms with E-state index < -0.39 is 0 Å². The number of aliphatic hydroxyl groups is 1. The Kier molecular flexibility index (Phi) is 2.02. The second-order valence-corrected chi connectivity index (χ2v) is 3.30. The lowest BCUT2D eigenvalue weighted by Gasteiger charge is -2.32. The number of hydrogen-bond acceptors (Lipinski definition) is 5. The van der Waals surface area contributed by atoms with Gasteiger partial charge in [-0.3, -0.25) is 4.98 Å². The molecule has 2 rings (SSSR count). The van der Waals surface area contributed by atoms with E-state index in [0.29, 0.717) is 17.7 Å². The quantitative estimate of drug-likeness (QED) is 0.596. The van der Waals surface area contributed by atoms with Crippen LogP contribution in [0.25, 0.3) is 0 Å². The molecule has 1 saturated carbocycles. The van der Waals surface area contributed by atoms with Gasteiger partial charge in [-0.25, -0.2) is 4.98 Å². The summed E-state index contributed by atoms with van der Waals surface area (Å²) in [5.41, 5.74) is 5.46. The van der Waals surface area contributed by atoms with Gasteiger partial charge >= 0.3 is 0 Å². The van der Waals surface area contributed by atoms with Gasteiger partial charge in [0.1, 0.15) is 11.6 Å². The minimum Gasteiger partial charge on any atom is -0.393 e. The van der Waals surface area contributed by atoms with Crippen LogP contribution < -0.4 is 11.1 Å². The highest BCUT2D eigenvalue weighted by molar-refractivity contribution is 5.39. The number of nitrogen functional groups attached to an aromatic ring is 1. The molecule has 1 aliphatic rings. The second-order valence-electron chi connectivity index (χ2n) is 3.30. The van der Waals surface area contributed by atoms with Gasteiger partial charge in [0.15, 0.2) is 0 Å². The largest absolute Gasteiger partial charge is 0.393 e. The Balaban J connectivity index is 1.94. The number of nitrogens with one attached hydrogen (secondary N) is 1. The highest BCUT2D eigenvalue weighted by Gasteiger charge is 2.27. The average Bonchev–Trinajstić information content (AvgIpc) is 2.01. The van der Waals surface area contributed by atoms with Crippen molar-refractivity contribution in [1.29, 1.82) is 0 Å². The van der Waals surface area contributed by atoms with Gasteiger partial charge < -0.3 is 16.2 Å². The molecule has 4 N–H and O–H groups in total. The Hall–Kier alpha value is -1.36. The van der Waals surface area contributed by atoms with Crippen LogP contribution in [0.1, 0.15) is 12.8 Å². The average molecular weight is 180 g/mol. The first-order valence-electron chi connectivity index (χ1n) is 4.26. The molecule has 0 unspecified atom stereocenters. The topological polar surface area (TPSA) is 84.1 Å². The number of nitrogens with two attached hydrogens (primary N) is 1. The first kappa shape index (κ1) is 8.25. The van der Waals surface area contributed by atoms with Gasteiger partial charge in [-0.05, 0) is 12.8 Å². The summed E-state index contributed by atoms with van der Waals surface area (Å²) in [5, 5.41) is 12.2. The molecule has 1 heterocycles. The Morgan fingerprint density at radius 2 is 2.23 bits per heavy atom. The first-order valence-corrected chi connectivity index (χ1v) is 4.26. The van der Waals surface area contributed by atoms with E-state index in [9.17, 15) is 0 Å². The minimum atomic E-state index is -0.161. The Morgan fingerprint density at radius 3 is 2.85 bits per heavy atom. The van der Waals surface area contributed by atoms with E-state index in [4.69, 9.17) is 10.8 Å². The van der Waals surface area contributed by atoms with Crippen LogP contribution >= 0.6 is 0 Å². The number of hydrogen-bond donors (Lipinski definition) is 3. The van der Waals surface area contributed by atoms with Crippen LogP contribution in [-0.2, 0) is 0 Å². The summed E-state index contributed by atoms with van der Waals surface area (Å²) >= 11 is 0. The minimum absolute atomic E-state index is 0.161. The van der Waals surface area contributed by atoms with Gasteiger partial charge in [0.2, 0.25) is 0 Å². The molecule has 1 aromatic rings. The number of nitrogens with zero attached hydrogens (tertiary/aromatic N) is 2. The van der Waals surface area contributed by atoms with Crippen molar-refractivity contribution in [3.8, 4) is 0 Å². The molecule has 0 amide bonds. The molecule has 0 saturated heterocycles. The highest BCUT2D eigenvalue weighted by atomic mass is 16.3. The molecule has 5 heteroatoms. The lowest BCUT2D eigenvalue weighted by molar-refractivity contribution is 0.0835. The maximum absolute atomic E-state index is 9.05. The van der Waals surface area contributed by atoms with Crippen molar-refractivity contribution in [3.63, 3.8) is 0 Å². The molecule has 5 nitrogen and oxygen atoms in total. The number of aromatic nitrogens is 2. The number of aliphatic hydroxyl groups excluding tert-OH is 1. The van der Waals surface area contributed by atoms with Crippen LogP contribution in [0.4, 0.5) is 11.6 Å². The van der Waals surface area contributed by atoms with Crippen molar-refractivity contribution in [2.75, 3.05) is 11.1 Å². The van der Waals surface area contributed by atoms with Crippen molar-refractivity contribution in [2.45, 2.75) is 25.0 Å². The van der Waals surface area contributed by atoms with E-state index in [1.807, 2.05) is 0 Å². The van der Waals surface area contributed by atoms with Crippen molar-refractivity contribution in [2.24, 2.45) is 0 Å². The van der Waals surface area contributed by atoms with Crippen molar-refractivity contribution >= 4 is 11.6 Å².